The average Bonchev–Trinajstić information content (AvgIpc) is 2.83. The number of halogens is 1. The molecule has 0 saturated heterocycles. The number of hydrogen-bond donors (Lipinski definition) is 1. The van der Waals surface area contributed by atoms with Crippen molar-refractivity contribution in [1.29, 1.82) is 0 Å². The van der Waals surface area contributed by atoms with Gasteiger partial charge in [-0.05, 0) is 30.7 Å². The zero-order valence-corrected chi connectivity index (χ0v) is 12.2. The van der Waals surface area contributed by atoms with Gasteiger partial charge in [0.2, 0.25) is 0 Å². The Labute approximate surface area is 120 Å². The van der Waals surface area contributed by atoms with Gasteiger partial charge in [0.15, 0.2) is 0 Å². The largest absolute Gasteiger partial charge is 0.464 e. The van der Waals surface area contributed by atoms with Gasteiger partial charge in [-0.3, -0.25) is 0 Å². The van der Waals surface area contributed by atoms with E-state index in [4.69, 9.17) is 4.42 Å². The van der Waals surface area contributed by atoms with Crippen LogP contribution in [0, 0.1) is 6.92 Å². The quantitative estimate of drug-likeness (QED) is 0.726. The van der Waals surface area contributed by atoms with Crippen molar-refractivity contribution in [1.82, 2.24) is 0 Å². The van der Waals surface area contributed by atoms with E-state index in [9.17, 15) is 0 Å². The van der Waals surface area contributed by atoms with Gasteiger partial charge in [-0.2, -0.15) is 0 Å². The molecule has 0 atom stereocenters. The van der Waals surface area contributed by atoms with Crippen LogP contribution in [-0.4, -0.2) is 0 Å². The lowest BCUT2D eigenvalue weighted by Gasteiger charge is -2.09. The number of aryl methyl sites for hydroxylation is 1. The smallest absolute Gasteiger partial charge is 0.134 e. The molecule has 2 aromatic carbocycles. The maximum atomic E-state index is 5.54. The van der Waals surface area contributed by atoms with Crippen LogP contribution in [0.1, 0.15) is 11.1 Å². The molecule has 0 unspecified atom stereocenters. The summed E-state index contributed by atoms with van der Waals surface area (Å²) in [6, 6.07) is 14.3. The van der Waals surface area contributed by atoms with Gasteiger partial charge in [0, 0.05) is 27.7 Å². The van der Waals surface area contributed by atoms with Crippen molar-refractivity contribution in [3.63, 3.8) is 0 Å². The fourth-order valence-corrected chi connectivity index (χ4v) is 2.51. The highest BCUT2D eigenvalue weighted by Crippen LogP contribution is 2.24. The lowest BCUT2D eigenvalue weighted by molar-refractivity contribution is 0.611. The van der Waals surface area contributed by atoms with Crippen molar-refractivity contribution in [2.45, 2.75) is 13.5 Å². The molecule has 3 rings (SSSR count). The monoisotopic (exact) mass is 315 g/mol. The second kappa shape index (κ2) is 5.10. The molecule has 0 fully saturated rings. The van der Waals surface area contributed by atoms with E-state index in [-0.39, 0.29) is 0 Å². The van der Waals surface area contributed by atoms with Crippen LogP contribution in [0.25, 0.3) is 11.0 Å². The Balaban J connectivity index is 1.84. The van der Waals surface area contributed by atoms with Crippen molar-refractivity contribution in [3.8, 4) is 0 Å². The molecule has 2 nitrogen and oxygen atoms in total. The Morgan fingerprint density at radius 3 is 2.89 bits per heavy atom. The van der Waals surface area contributed by atoms with Crippen molar-refractivity contribution in [2.24, 2.45) is 0 Å². The summed E-state index contributed by atoms with van der Waals surface area (Å²) in [6.45, 7) is 2.86. The van der Waals surface area contributed by atoms with E-state index in [1.54, 1.807) is 0 Å². The zero-order chi connectivity index (χ0) is 13.2. The molecular weight excluding hydrogens is 302 g/mol. The number of benzene rings is 2. The molecule has 0 saturated carbocycles. The number of para-hydroxylation sites is 1. The fraction of sp³-hybridized carbons (Fsp3) is 0.125. The van der Waals surface area contributed by atoms with Crippen LogP contribution in [0.3, 0.4) is 0 Å². The standard InChI is InChI=1S/C16H14BrNO/c1-11-6-7-13(17)8-15(11)18-9-12-10-19-16-5-3-2-4-14(12)16/h2-8,10,18H,9H2,1H3. The molecule has 96 valence electrons. The summed E-state index contributed by atoms with van der Waals surface area (Å²) in [5, 5.41) is 4.63. The molecule has 0 spiro atoms. The van der Waals surface area contributed by atoms with E-state index in [0.717, 1.165) is 22.3 Å². The normalized spacial score (nSPS) is 10.8. The van der Waals surface area contributed by atoms with Crippen molar-refractivity contribution in [2.75, 3.05) is 5.32 Å². The van der Waals surface area contributed by atoms with Gasteiger partial charge in [-0.1, -0.05) is 40.2 Å². The highest BCUT2D eigenvalue weighted by molar-refractivity contribution is 9.10. The highest BCUT2D eigenvalue weighted by Gasteiger charge is 2.05. The Kier molecular flexibility index (Phi) is 3.30. The molecule has 0 bridgehead atoms. The summed E-state index contributed by atoms with van der Waals surface area (Å²) < 4.78 is 6.62. The fourth-order valence-electron chi connectivity index (χ4n) is 2.14. The van der Waals surface area contributed by atoms with Gasteiger partial charge < -0.3 is 9.73 Å². The summed E-state index contributed by atoms with van der Waals surface area (Å²) in [4.78, 5) is 0. The lowest BCUT2D eigenvalue weighted by atomic mass is 10.1. The average molecular weight is 316 g/mol. The summed E-state index contributed by atoms with van der Waals surface area (Å²) in [5.74, 6) is 0. The van der Waals surface area contributed by atoms with E-state index >= 15 is 0 Å². The molecule has 0 amide bonds. The van der Waals surface area contributed by atoms with Gasteiger partial charge in [0.05, 0.1) is 6.26 Å². The minimum absolute atomic E-state index is 0.758. The number of nitrogens with one attached hydrogen (secondary N) is 1. The predicted octanol–water partition coefficient (Wildman–Crippen LogP) is 5.12. The molecule has 1 N–H and O–H groups in total. The third-order valence-electron chi connectivity index (χ3n) is 3.23. The summed E-state index contributed by atoms with van der Waals surface area (Å²) in [5.41, 5.74) is 4.48. The maximum Gasteiger partial charge on any atom is 0.134 e. The minimum Gasteiger partial charge on any atom is -0.464 e. The SMILES string of the molecule is Cc1ccc(Br)cc1NCc1coc2ccccc12. The number of furan rings is 1. The number of anilines is 1. The van der Waals surface area contributed by atoms with Gasteiger partial charge in [0.25, 0.3) is 0 Å². The first-order valence-corrected chi connectivity index (χ1v) is 6.98. The molecule has 3 aromatic rings. The molecule has 3 heteroatoms. The third kappa shape index (κ3) is 2.51. The summed E-state index contributed by atoms with van der Waals surface area (Å²) in [7, 11) is 0. The maximum absolute atomic E-state index is 5.54. The Bertz CT molecular complexity index is 718. The van der Waals surface area contributed by atoms with E-state index in [0.29, 0.717) is 0 Å². The van der Waals surface area contributed by atoms with E-state index in [1.807, 2.05) is 30.5 Å². The second-order valence-corrected chi connectivity index (χ2v) is 5.49. The van der Waals surface area contributed by atoms with Crippen LogP contribution in [0.2, 0.25) is 0 Å². The first-order chi connectivity index (χ1) is 9.24. The molecule has 0 aliphatic rings. The summed E-state index contributed by atoms with van der Waals surface area (Å²) >= 11 is 3.50. The topological polar surface area (TPSA) is 25.2 Å². The Morgan fingerprint density at radius 2 is 2.00 bits per heavy atom. The molecule has 0 radical (unpaired) electrons. The lowest BCUT2D eigenvalue weighted by Crippen LogP contribution is -2.00. The number of fused-ring (bicyclic) bond motifs is 1. The zero-order valence-electron chi connectivity index (χ0n) is 10.6. The van der Waals surface area contributed by atoms with Crippen LogP contribution in [-0.2, 0) is 6.54 Å². The Morgan fingerprint density at radius 1 is 1.16 bits per heavy atom. The van der Waals surface area contributed by atoms with Crippen molar-refractivity contribution >= 4 is 32.6 Å². The van der Waals surface area contributed by atoms with Gasteiger partial charge in [-0.15, -0.1) is 0 Å². The molecule has 0 aliphatic heterocycles. The van der Waals surface area contributed by atoms with E-state index < -0.39 is 0 Å². The first-order valence-electron chi connectivity index (χ1n) is 6.19. The van der Waals surface area contributed by atoms with Crippen LogP contribution >= 0.6 is 15.9 Å². The van der Waals surface area contributed by atoms with Crippen LogP contribution in [0.4, 0.5) is 5.69 Å². The van der Waals surface area contributed by atoms with Crippen molar-refractivity contribution < 1.29 is 4.42 Å². The highest BCUT2D eigenvalue weighted by atomic mass is 79.9. The summed E-state index contributed by atoms with van der Waals surface area (Å²) in [6.07, 6.45) is 1.82. The first kappa shape index (κ1) is 12.3. The number of rotatable bonds is 3. The molecule has 19 heavy (non-hydrogen) atoms. The number of hydrogen-bond acceptors (Lipinski definition) is 2. The van der Waals surface area contributed by atoms with E-state index in [1.165, 1.54) is 16.5 Å². The van der Waals surface area contributed by atoms with Crippen molar-refractivity contribution in [3.05, 3.63) is 64.3 Å². The molecule has 1 aromatic heterocycles. The molecule has 0 aliphatic carbocycles. The van der Waals surface area contributed by atoms with Gasteiger partial charge >= 0.3 is 0 Å². The molecule has 1 heterocycles. The van der Waals surface area contributed by atoms with Crippen LogP contribution < -0.4 is 5.32 Å². The molecular formula is C16H14BrNO. The minimum atomic E-state index is 0.758. The van der Waals surface area contributed by atoms with Crippen LogP contribution in [0.15, 0.2) is 57.6 Å². The predicted molar refractivity (Wildman–Crippen MR) is 82.4 cm³/mol. The van der Waals surface area contributed by atoms with Gasteiger partial charge in [-0.25, -0.2) is 0 Å². The van der Waals surface area contributed by atoms with E-state index in [2.05, 4.69) is 46.4 Å². The second-order valence-electron chi connectivity index (χ2n) is 4.57. The third-order valence-corrected chi connectivity index (χ3v) is 3.72. The van der Waals surface area contributed by atoms with Gasteiger partial charge in [0.1, 0.15) is 5.58 Å². The Hall–Kier alpha value is -1.74. The van der Waals surface area contributed by atoms with Crippen LogP contribution in [0.5, 0.6) is 0 Å².